The number of benzene rings is 2. The quantitative estimate of drug-likeness (QED) is 0.686. The fourth-order valence-electron chi connectivity index (χ4n) is 2.10. The van der Waals surface area contributed by atoms with Crippen molar-refractivity contribution in [3.63, 3.8) is 0 Å². The Bertz CT molecular complexity index is 834. The Hall–Kier alpha value is -2.86. The van der Waals surface area contributed by atoms with Crippen LogP contribution in [0.15, 0.2) is 48.8 Å². The van der Waals surface area contributed by atoms with Crippen LogP contribution in [0, 0.1) is 0 Å². The van der Waals surface area contributed by atoms with Crippen LogP contribution in [0.1, 0.15) is 10.4 Å². The average Bonchev–Trinajstić information content (AvgIpc) is 2.47. The number of aromatic hydroxyl groups is 1. The number of carboxylic acids is 1. The maximum Gasteiger partial charge on any atom is 0.336 e. The fraction of sp³-hybridized carbons (Fsp3) is 0. The second-order valence-corrected chi connectivity index (χ2v) is 4.40. The van der Waals surface area contributed by atoms with Crippen molar-refractivity contribution in [3.05, 3.63) is 54.4 Å². The first kappa shape index (κ1) is 15.5. The lowest BCUT2D eigenvalue weighted by Gasteiger charge is -2.10. The number of carbonyl (C=O) groups is 1. The highest BCUT2D eigenvalue weighted by atomic mass is 35.5. The van der Waals surface area contributed by atoms with Crippen molar-refractivity contribution in [1.82, 2.24) is 9.97 Å². The summed E-state index contributed by atoms with van der Waals surface area (Å²) in [6.07, 6.45) is 1.36. The third-order valence-electron chi connectivity index (χ3n) is 3.00. The van der Waals surface area contributed by atoms with Gasteiger partial charge in [0.05, 0.1) is 16.5 Å². The molecule has 0 unspecified atom stereocenters. The SMILES string of the molecule is Cl.O=C(O)c1cccc2ncnc(Nc3cccc(O)c3)c12. The highest BCUT2D eigenvalue weighted by Crippen LogP contribution is 2.27. The largest absolute Gasteiger partial charge is 0.508 e. The lowest BCUT2D eigenvalue weighted by Crippen LogP contribution is -2.02. The summed E-state index contributed by atoms with van der Waals surface area (Å²) in [5.41, 5.74) is 1.26. The predicted octanol–water partition coefficient (Wildman–Crippen LogP) is 3.20. The molecule has 112 valence electrons. The van der Waals surface area contributed by atoms with Crippen molar-refractivity contribution >= 4 is 40.8 Å². The van der Waals surface area contributed by atoms with Crippen LogP contribution < -0.4 is 5.32 Å². The van der Waals surface area contributed by atoms with Crippen LogP contribution in [0.5, 0.6) is 5.75 Å². The average molecular weight is 318 g/mol. The van der Waals surface area contributed by atoms with E-state index in [1.807, 2.05) is 0 Å². The van der Waals surface area contributed by atoms with Crippen LogP contribution in [0.25, 0.3) is 10.9 Å². The molecular formula is C15H12ClN3O3. The molecule has 0 saturated heterocycles. The van der Waals surface area contributed by atoms with Crippen LogP contribution >= 0.6 is 12.4 Å². The number of phenols is 1. The minimum absolute atomic E-state index is 0. The van der Waals surface area contributed by atoms with Crippen LogP contribution in [-0.2, 0) is 0 Å². The molecule has 1 heterocycles. The standard InChI is InChI=1S/C15H11N3O3.ClH/c19-10-4-1-3-9(7-10)18-14-13-11(15(20)21)5-2-6-12(13)16-8-17-14;/h1-8,19H,(H,20,21)(H,16,17,18);1H. The van der Waals surface area contributed by atoms with Crippen molar-refractivity contribution in [3.8, 4) is 5.75 Å². The van der Waals surface area contributed by atoms with Gasteiger partial charge in [0.1, 0.15) is 17.9 Å². The van der Waals surface area contributed by atoms with Gasteiger partial charge in [-0.1, -0.05) is 12.1 Å². The summed E-state index contributed by atoms with van der Waals surface area (Å²) in [5, 5.41) is 22.2. The smallest absolute Gasteiger partial charge is 0.336 e. The van der Waals surface area contributed by atoms with Crippen molar-refractivity contribution < 1.29 is 15.0 Å². The lowest BCUT2D eigenvalue weighted by molar-refractivity contribution is 0.0699. The summed E-state index contributed by atoms with van der Waals surface area (Å²) in [5.74, 6) is -0.560. The zero-order valence-electron chi connectivity index (χ0n) is 11.2. The summed E-state index contributed by atoms with van der Waals surface area (Å²) < 4.78 is 0. The van der Waals surface area contributed by atoms with Crippen molar-refractivity contribution in [2.45, 2.75) is 0 Å². The second-order valence-electron chi connectivity index (χ2n) is 4.40. The van der Waals surface area contributed by atoms with Crippen LogP contribution in [0.3, 0.4) is 0 Å². The van der Waals surface area contributed by atoms with Gasteiger partial charge in [0.25, 0.3) is 0 Å². The van der Waals surface area contributed by atoms with Gasteiger partial charge in [0.15, 0.2) is 0 Å². The number of nitrogens with one attached hydrogen (secondary N) is 1. The first-order valence-corrected chi connectivity index (χ1v) is 6.18. The van der Waals surface area contributed by atoms with Gasteiger partial charge in [-0.3, -0.25) is 0 Å². The molecule has 2 aromatic carbocycles. The molecule has 0 aliphatic rings. The number of fused-ring (bicyclic) bond motifs is 1. The predicted molar refractivity (Wildman–Crippen MR) is 85.1 cm³/mol. The van der Waals surface area contributed by atoms with E-state index in [1.165, 1.54) is 18.5 Å². The van der Waals surface area contributed by atoms with Gasteiger partial charge in [-0.2, -0.15) is 0 Å². The molecule has 0 fully saturated rings. The number of anilines is 2. The number of hydrogen-bond acceptors (Lipinski definition) is 5. The Balaban J connectivity index is 0.00000176. The molecule has 3 rings (SSSR count). The number of phenolic OH excluding ortho intramolecular Hbond substituents is 1. The van der Waals surface area contributed by atoms with Gasteiger partial charge in [-0.15, -0.1) is 12.4 Å². The highest BCUT2D eigenvalue weighted by molar-refractivity contribution is 6.07. The molecular weight excluding hydrogens is 306 g/mol. The van der Waals surface area contributed by atoms with Gasteiger partial charge in [0, 0.05) is 11.8 Å². The van der Waals surface area contributed by atoms with Crippen molar-refractivity contribution in [1.29, 1.82) is 0 Å². The molecule has 1 aromatic heterocycles. The summed E-state index contributed by atoms with van der Waals surface area (Å²) in [4.78, 5) is 19.5. The number of aromatic nitrogens is 2. The van der Waals surface area contributed by atoms with Crippen molar-refractivity contribution in [2.24, 2.45) is 0 Å². The Labute approximate surface area is 131 Å². The molecule has 0 radical (unpaired) electrons. The third-order valence-corrected chi connectivity index (χ3v) is 3.00. The molecule has 0 saturated carbocycles. The third kappa shape index (κ3) is 2.91. The summed E-state index contributed by atoms with van der Waals surface area (Å²) in [6, 6.07) is 11.4. The molecule has 0 atom stereocenters. The molecule has 0 bridgehead atoms. The number of carboxylic acid groups (broad SMARTS) is 1. The summed E-state index contributed by atoms with van der Waals surface area (Å²) >= 11 is 0. The Morgan fingerprint density at radius 3 is 2.59 bits per heavy atom. The molecule has 0 spiro atoms. The zero-order chi connectivity index (χ0) is 14.8. The lowest BCUT2D eigenvalue weighted by atomic mass is 10.1. The van der Waals surface area contributed by atoms with Crippen LogP contribution in [0.4, 0.5) is 11.5 Å². The molecule has 3 N–H and O–H groups in total. The van der Waals surface area contributed by atoms with Gasteiger partial charge in [-0.05, 0) is 24.3 Å². The minimum Gasteiger partial charge on any atom is -0.508 e. The van der Waals surface area contributed by atoms with Crippen molar-refractivity contribution in [2.75, 3.05) is 5.32 Å². The molecule has 7 heteroatoms. The van der Waals surface area contributed by atoms with Crippen LogP contribution in [0.2, 0.25) is 0 Å². The van der Waals surface area contributed by atoms with Gasteiger partial charge < -0.3 is 15.5 Å². The number of hydrogen-bond donors (Lipinski definition) is 3. The van der Waals surface area contributed by atoms with E-state index in [0.29, 0.717) is 22.4 Å². The van der Waals surface area contributed by atoms with E-state index in [4.69, 9.17) is 0 Å². The van der Waals surface area contributed by atoms with Crippen LogP contribution in [-0.4, -0.2) is 26.2 Å². The number of halogens is 1. The Morgan fingerprint density at radius 1 is 1.09 bits per heavy atom. The highest BCUT2D eigenvalue weighted by Gasteiger charge is 2.13. The number of aromatic carboxylic acids is 1. The van der Waals surface area contributed by atoms with E-state index >= 15 is 0 Å². The Morgan fingerprint density at radius 2 is 1.86 bits per heavy atom. The zero-order valence-corrected chi connectivity index (χ0v) is 12.0. The summed E-state index contributed by atoms with van der Waals surface area (Å²) in [7, 11) is 0. The topological polar surface area (TPSA) is 95.3 Å². The first-order chi connectivity index (χ1) is 10.1. The summed E-state index contributed by atoms with van der Waals surface area (Å²) in [6.45, 7) is 0. The second kappa shape index (κ2) is 6.28. The maximum atomic E-state index is 11.4. The fourth-order valence-corrected chi connectivity index (χ4v) is 2.10. The Kier molecular flexibility index (Phi) is 4.43. The van der Waals surface area contributed by atoms with E-state index in [9.17, 15) is 15.0 Å². The molecule has 0 aliphatic carbocycles. The number of rotatable bonds is 3. The molecule has 3 aromatic rings. The van der Waals surface area contributed by atoms with Gasteiger partial charge >= 0.3 is 5.97 Å². The molecule has 22 heavy (non-hydrogen) atoms. The van der Waals surface area contributed by atoms with E-state index in [1.54, 1.807) is 30.3 Å². The van der Waals surface area contributed by atoms with E-state index < -0.39 is 5.97 Å². The molecule has 0 aliphatic heterocycles. The normalized spacial score (nSPS) is 10.0. The maximum absolute atomic E-state index is 11.4. The van der Waals surface area contributed by atoms with Gasteiger partial charge in [-0.25, -0.2) is 14.8 Å². The number of nitrogens with zero attached hydrogens (tertiary/aromatic N) is 2. The minimum atomic E-state index is -1.05. The monoisotopic (exact) mass is 317 g/mol. The molecule has 6 nitrogen and oxygen atoms in total. The first-order valence-electron chi connectivity index (χ1n) is 6.18. The molecule has 0 amide bonds. The van der Waals surface area contributed by atoms with E-state index in [2.05, 4.69) is 15.3 Å². The van der Waals surface area contributed by atoms with E-state index in [0.717, 1.165) is 0 Å². The van der Waals surface area contributed by atoms with E-state index in [-0.39, 0.29) is 23.7 Å². The van der Waals surface area contributed by atoms with Gasteiger partial charge in [0.2, 0.25) is 0 Å².